The van der Waals surface area contributed by atoms with Gasteiger partial charge in [-0.25, -0.2) is 9.37 Å². The Balaban J connectivity index is 2.05. The summed E-state index contributed by atoms with van der Waals surface area (Å²) < 4.78 is 19.3. The second kappa shape index (κ2) is 5.54. The molecule has 0 saturated carbocycles. The van der Waals surface area contributed by atoms with Crippen LogP contribution in [0.5, 0.6) is 5.75 Å². The zero-order valence-electron chi connectivity index (χ0n) is 11.3. The second-order valence-corrected chi connectivity index (χ2v) is 5.34. The number of methoxy groups -OCH3 is 1. The van der Waals surface area contributed by atoms with E-state index < -0.39 is 0 Å². The molecule has 0 unspecified atom stereocenters. The zero-order chi connectivity index (χ0) is 14.8. The lowest BCUT2D eigenvalue weighted by Gasteiger charge is -2.06. The van der Waals surface area contributed by atoms with Crippen molar-refractivity contribution in [2.75, 3.05) is 12.8 Å². The molecule has 2 aromatic carbocycles. The molecule has 0 aliphatic heterocycles. The average molecular weight is 300 g/mol. The third kappa shape index (κ3) is 2.60. The van der Waals surface area contributed by atoms with Gasteiger partial charge in [-0.15, -0.1) is 11.3 Å². The van der Waals surface area contributed by atoms with Gasteiger partial charge in [0.15, 0.2) is 0 Å². The summed E-state index contributed by atoms with van der Waals surface area (Å²) in [6.45, 7) is 0. The molecular formula is C16H13FN2OS. The van der Waals surface area contributed by atoms with Gasteiger partial charge in [-0.1, -0.05) is 6.07 Å². The van der Waals surface area contributed by atoms with Gasteiger partial charge in [-0.2, -0.15) is 0 Å². The summed E-state index contributed by atoms with van der Waals surface area (Å²) in [4.78, 5) is 4.51. The van der Waals surface area contributed by atoms with Crippen LogP contribution in [0.4, 0.5) is 10.1 Å². The number of rotatable bonds is 3. The Hall–Kier alpha value is -2.40. The summed E-state index contributed by atoms with van der Waals surface area (Å²) >= 11 is 1.46. The molecular weight excluding hydrogens is 287 g/mol. The number of aromatic nitrogens is 1. The van der Waals surface area contributed by atoms with Crippen LogP contribution in [0.1, 0.15) is 0 Å². The maximum atomic E-state index is 14.1. The molecule has 3 aromatic rings. The first-order valence-corrected chi connectivity index (χ1v) is 7.21. The van der Waals surface area contributed by atoms with Gasteiger partial charge >= 0.3 is 0 Å². The topological polar surface area (TPSA) is 48.1 Å². The van der Waals surface area contributed by atoms with Crippen LogP contribution >= 0.6 is 11.3 Å². The van der Waals surface area contributed by atoms with Crippen molar-refractivity contribution in [2.45, 2.75) is 0 Å². The Bertz CT molecular complexity index is 768. The maximum Gasteiger partial charge on any atom is 0.136 e. The summed E-state index contributed by atoms with van der Waals surface area (Å²) in [5.74, 6) is 0.132. The average Bonchev–Trinajstić information content (AvgIpc) is 2.97. The molecule has 106 valence electrons. The molecule has 0 spiro atoms. The molecule has 0 fully saturated rings. The van der Waals surface area contributed by atoms with Gasteiger partial charge in [0.1, 0.15) is 16.6 Å². The fraction of sp³-hybridized carbons (Fsp3) is 0.0625. The van der Waals surface area contributed by atoms with Gasteiger partial charge in [0.2, 0.25) is 0 Å². The van der Waals surface area contributed by atoms with Crippen molar-refractivity contribution >= 4 is 17.0 Å². The number of hydrogen-bond donors (Lipinski definition) is 1. The highest BCUT2D eigenvalue weighted by Gasteiger charge is 2.15. The van der Waals surface area contributed by atoms with Crippen molar-refractivity contribution in [1.29, 1.82) is 0 Å². The Morgan fingerprint density at radius 3 is 2.62 bits per heavy atom. The molecule has 0 saturated heterocycles. The van der Waals surface area contributed by atoms with E-state index in [2.05, 4.69) is 4.98 Å². The van der Waals surface area contributed by atoms with Crippen molar-refractivity contribution in [1.82, 2.24) is 4.98 Å². The predicted octanol–water partition coefficient (Wildman–Crippen LogP) is 4.21. The van der Waals surface area contributed by atoms with Crippen LogP contribution in [-0.4, -0.2) is 12.1 Å². The number of ether oxygens (including phenoxy) is 1. The Kier molecular flexibility index (Phi) is 3.58. The van der Waals surface area contributed by atoms with Crippen LogP contribution < -0.4 is 10.5 Å². The third-order valence-electron chi connectivity index (χ3n) is 3.11. The fourth-order valence-electron chi connectivity index (χ4n) is 2.07. The predicted molar refractivity (Wildman–Crippen MR) is 83.9 cm³/mol. The summed E-state index contributed by atoms with van der Waals surface area (Å²) in [5, 5.41) is 2.64. The number of nitrogens with zero attached hydrogens (tertiary/aromatic N) is 1. The van der Waals surface area contributed by atoms with Gasteiger partial charge in [0.05, 0.1) is 18.4 Å². The van der Waals surface area contributed by atoms with Gasteiger partial charge in [-0.05, 0) is 36.4 Å². The third-order valence-corrected chi connectivity index (χ3v) is 4.00. The van der Waals surface area contributed by atoms with E-state index in [9.17, 15) is 4.39 Å². The first kappa shape index (κ1) is 13.6. The van der Waals surface area contributed by atoms with E-state index >= 15 is 0 Å². The number of halogens is 1. The number of hydrogen-bond acceptors (Lipinski definition) is 4. The molecule has 3 rings (SSSR count). The lowest BCUT2D eigenvalue weighted by atomic mass is 10.1. The van der Waals surface area contributed by atoms with Gasteiger partial charge < -0.3 is 10.5 Å². The van der Waals surface area contributed by atoms with Crippen molar-refractivity contribution in [2.24, 2.45) is 0 Å². The Morgan fingerprint density at radius 1 is 1.14 bits per heavy atom. The maximum absolute atomic E-state index is 14.1. The smallest absolute Gasteiger partial charge is 0.136 e. The van der Waals surface area contributed by atoms with E-state index in [1.165, 1.54) is 24.5 Å². The molecule has 0 amide bonds. The van der Waals surface area contributed by atoms with Gasteiger partial charge in [0, 0.05) is 16.6 Å². The number of anilines is 1. The van der Waals surface area contributed by atoms with Crippen LogP contribution in [0.3, 0.4) is 0 Å². The molecule has 1 heterocycles. The Morgan fingerprint density at radius 2 is 1.90 bits per heavy atom. The van der Waals surface area contributed by atoms with E-state index in [4.69, 9.17) is 10.5 Å². The normalized spacial score (nSPS) is 10.6. The summed E-state index contributed by atoms with van der Waals surface area (Å²) in [7, 11) is 1.52. The summed E-state index contributed by atoms with van der Waals surface area (Å²) in [5.41, 5.74) is 8.29. The highest BCUT2D eigenvalue weighted by atomic mass is 32.1. The minimum atomic E-state index is -0.344. The number of thiazole rings is 1. The van der Waals surface area contributed by atoms with Crippen LogP contribution in [0.2, 0.25) is 0 Å². The van der Waals surface area contributed by atoms with Crippen LogP contribution in [-0.2, 0) is 0 Å². The molecule has 0 radical (unpaired) electrons. The van der Waals surface area contributed by atoms with E-state index in [0.29, 0.717) is 22.7 Å². The highest BCUT2D eigenvalue weighted by Crippen LogP contribution is 2.35. The minimum Gasteiger partial charge on any atom is -0.496 e. The lowest BCUT2D eigenvalue weighted by Crippen LogP contribution is -1.91. The standard InChI is InChI=1S/C16H13FN2OS/c1-20-14-4-2-3-12(17)15(14)13-9-21-16(19-13)10-5-7-11(18)8-6-10/h2-9H,18H2,1H3. The summed E-state index contributed by atoms with van der Waals surface area (Å²) in [6.07, 6.45) is 0. The van der Waals surface area contributed by atoms with Crippen molar-refractivity contribution in [3.05, 3.63) is 53.7 Å². The zero-order valence-corrected chi connectivity index (χ0v) is 12.2. The number of nitrogens with two attached hydrogens (primary N) is 1. The van der Waals surface area contributed by atoms with Gasteiger partial charge in [-0.3, -0.25) is 0 Å². The molecule has 1 aromatic heterocycles. The van der Waals surface area contributed by atoms with Crippen molar-refractivity contribution in [3.63, 3.8) is 0 Å². The van der Waals surface area contributed by atoms with Crippen molar-refractivity contribution in [3.8, 4) is 27.6 Å². The van der Waals surface area contributed by atoms with Crippen LogP contribution in [0.15, 0.2) is 47.8 Å². The lowest BCUT2D eigenvalue weighted by molar-refractivity contribution is 0.413. The molecule has 2 N–H and O–H groups in total. The van der Waals surface area contributed by atoms with E-state index in [-0.39, 0.29) is 5.82 Å². The number of nitrogen functional groups attached to an aromatic ring is 1. The van der Waals surface area contributed by atoms with E-state index in [0.717, 1.165) is 10.6 Å². The summed E-state index contributed by atoms with van der Waals surface area (Å²) in [6, 6.07) is 12.2. The van der Waals surface area contributed by atoms with Crippen LogP contribution in [0.25, 0.3) is 21.8 Å². The molecule has 0 atom stereocenters. The second-order valence-electron chi connectivity index (χ2n) is 4.48. The van der Waals surface area contributed by atoms with E-state index in [1.54, 1.807) is 12.1 Å². The fourth-order valence-corrected chi connectivity index (χ4v) is 2.89. The van der Waals surface area contributed by atoms with Crippen LogP contribution in [0, 0.1) is 5.82 Å². The first-order valence-electron chi connectivity index (χ1n) is 6.33. The molecule has 0 aliphatic carbocycles. The molecule has 5 heteroatoms. The molecule has 0 aliphatic rings. The Labute approximate surface area is 125 Å². The molecule has 0 bridgehead atoms. The molecule has 21 heavy (non-hydrogen) atoms. The first-order chi connectivity index (χ1) is 10.2. The number of benzene rings is 2. The quantitative estimate of drug-likeness (QED) is 0.737. The van der Waals surface area contributed by atoms with Gasteiger partial charge in [0.25, 0.3) is 0 Å². The largest absolute Gasteiger partial charge is 0.496 e. The monoisotopic (exact) mass is 300 g/mol. The van der Waals surface area contributed by atoms with E-state index in [1.807, 2.05) is 29.6 Å². The minimum absolute atomic E-state index is 0.344. The molecule has 3 nitrogen and oxygen atoms in total. The highest BCUT2D eigenvalue weighted by molar-refractivity contribution is 7.13. The van der Waals surface area contributed by atoms with Crippen molar-refractivity contribution < 1.29 is 9.13 Å². The SMILES string of the molecule is COc1cccc(F)c1-c1csc(-c2ccc(N)cc2)n1.